The van der Waals surface area contributed by atoms with E-state index in [1.807, 2.05) is 35.2 Å². The minimum atomic E-state index is -0.105. The molecule has 1 saturated heterocycles. The Bertz CT molecular complexity index is 572. The van der Waals surface area contributed by atoms with E-state index in [0.717, 1.165) is 37.9 Å². The summed E-state index contributed by atoms with van der Waals surface area (Å²) < 4.78 is 5.54. The van der Waals surface area contributed by atoms with Crippen LogP contribution < -0.4 is 5.32 Å². The minimum Gasteiger partial charge on any atom is -0.375 e. The summed E-state index contributed by atoms with van der Waals surface area (Å²) in [5, 5.41) is 3.07. The Morgan fingerprint density at radius 1 is 1.29 bits per heavy atom. The first kappa shape index (κ1) is 17.0. The fourth-order valence-electron chi connectivity index (χ4n) is 3.99. The summed E-state index contributed by atoms with van der Waals surface area (Å²) in [6.07, 6.45) is 10.3. The van der Waals surface area contributed by atoms with Gasteiger partial charge in [0.05, 0.1) is 6.10 Å². The van der Waals surface area contributed by atoms with Gasteiger partial charge in [-0.15, -0.1) is 0 Å². The van der Waals surface area contributed by atoms with Crippen molar-refractivity contribution < 1.29 is 9.53 Å². The van der Waals surface area contributed by atoms with E-state index in [1.54, 1.807) is 7.11 Å². The Morgan fingerprint density at radius 2 is 2.12 bits per heavy atom. The zero-order valence-corrected chi connectivity index (χ0v) is 14.5. The summed E-state index contributed by atoms with van der Waals surface area (Å²) in [6.45, 7) is 2.25. The number of nitrogens with zero attached hydrogens (tertiary/aromatic N) is 1. The fraction of sp³-hybridized carbons (Fsp3) is 0.550. The Kier molecular flexibility index (Phi) is 5.56. The number of nitrogens with one attached hydrogen (secondary N) is 1. The highest BCUT2D eigenvalue weighted by Gasteiger charge is 2.36. The molecule has 0 saturated carbocycles. The van der Waals surface area contributed by atoms with E-state index in [4.69, 9.17) is 4.74 Å². The van der Waals surface area contributed by atoms with Crippen molar-refractivity contribution in [2.24, 2.45) is 5.41 Å². The summed E-state index contributed by atoms with van der Waals surface area (Å²) in [5.74, 6) is 0. The number of rotatable bonds is 4. The van der Waals surface area contributed by atoms with Gasteiger partial charge in [-0.1, -0.05) is 42.5 Å². The van der Waals surface area contributed by atoms with Crippen molar-refractivity contribution in [2.75, 3.05) is 26.7 Å². The average Bonchev–Trinajstić information content (AvgIpc) is 2.63. The molecule has 4 heteroatoms. The van der Waals surface area contributed by atoms with Crippen LogP contribution in [0.15, 0.2) is 42.5 Å². The molecule has 4 nitrogen and oxygen atoms in total. The molecule has 2 aliphatic rings. The second-order valence-electron chi connectivity index (χ2n) is 7.06. The van der Waals surface area contributed by atoms with Crippen LogP contribution in [-0.4, -0.2) is 37.7 Å². The van der Waals surface area contributed by atoms with Gasteiger partial charge < -0.3 is 15.0 Å². The van der Waals surface area contributed by atoms with Crippen molar-refractivity contribution in [2.45, 2.75) is 38.2 Å². The largest absolute Gasteiger partial charge is 0.375 e. The van der Waals surface area contributed by atoms with Crippen molar-refractivity contribution in [1.29, 1.82) is 0 Å². The van der Waals surface area contributed by atoms with Gasteiger partial charge >= 0.3 is 6.03 Å². The van der Waals surface area contributed by atoms with Gasteiger partial charge in [0.2, 0.25) is 0 Å². The maximum atomic E-state index is 12.6. The molecule has 1 N–H and O–H groups in total. The topological polar surface area (TPSA) is 41.6 Å². The van der Waals surface area contributed by atoms with Crippen molar-refractivity contribution in [3.05, 3.63) is 48.0 Å². The Balaban J connectivity index is 1.55. The van der Waals surface area contributed by atoms with Gasteiger partial charge in [-0.3, -0.25) is 0 Å². The molecule has 1 spiro atoms. The number of carbonyl (C=O) groups excluding carboxylic acids is 1. The van der Waals surface area contributed by atoms with Crippen LogP contribution >= 0.6 is 0 Å². The van der Waals surface area contributed by atoms with Crippen LogP contribution in [0.3, 0.4) is 0 Å². The number of hydrogen-bond donors (Lipinski definition) is 1. The van der Waals surface area contributed by atoms with Gasteiger partial charge in [0.1, 0.15) is 0 Å². The summed E-state index contributed by atoms with van der Waals surface area (Å²) >= 11 is 0. The number of likely N-dealkylation sites (tertiary alicyclic amines) is 1. The van der Waals surface area contributed by atoms with Gasteiger partial charge in [-0.05, 0) is 43.1 Å². The van der Waals surface area contributed by atoms with Crippen molar-refractivity contribution in [3.63, 3.8) is 0 Å². The number of carbonyl (C=O) groups is 1. The van der Waals surface area contributed by atoms with Gasteiger partial charge in [0.25, 0.3) is 0 Å². The normalized spacial score (nSPS) is 24.8. The number of amides is 2. The summed E-state index contributed by atoms with van der Waals surface area (Å²) in [7, 11) is 1.69. The predicted octanol–water partition coefficient (Wildman–Crippen LogP) is 3.91. The molecule has 0 radical (unpaired) electrons. The molecule has 2 atom stereocenters. The molecule has 1 aliphatic carbocycles. The number of allylic oxidation sites excluding steroid dienone is 2. The van der Waals surface area contributed by atoms with Gasteiger partial charge in [0.15, 0.2) is 0 Å². The first-order valence-corrected chi connectivity index (χ1v) is 8.98. The molecule has 3 rings (SSSR count). The number of benzene rings is 1. The zero-order valence-electron chi connectivity index (χ0n) is 14.5. The monoisotopic (exact) mass is 328 g/mol. The molecule has 1 fully saturated rings. The number of methoxy groups -OCH3 is 1. The van der Waals surface area contributed by atoms with Crippen LogP contribution in [0.1, 0.15) is 43.8 Å². The maximum Gasteiger partial charge on any atom is 0.317 e. The lowest BCUT2D eigenvalue weighted by Gasteiger charge is -2.43. The molecule has 1 aromatic rings. The fourth-order valence-corrected chi connectivity index (χ4v) is 3.99. The second-order valence-corrected chi connectivity index (χ2v) is 7.06. The molecule has 24 heavy (non-hydrogen) atoms. The lowest BCUT2D eigenvalue weighted by molar-refractivity contribution is 0.0841. The SMILES string of the molecule is COC(CNC(=O)N1CCCC2(CC=CCC2)C1)c1ccccc1. The van der Waals surface area contributed by atoms with Gasteiger partial charge in [0, 0.05) is 26.7 Å². The third-order valence-electron chi connectivity index (χ3n) is 5.40. The highest BCUT2D eigenvalue weighted by atomic mass is 16.5. The highest BCUT2D eigenvalue weighted by molar-refractivity contribution is 5.74. The van der Waals surface area contributed by atoms with Crippen molar-refractivity contribution in [1.82, 2.24) is 10.2 Å². The molecular weight excluding hydrogens is 300 g/mol. The smallest absolute Gasteiger partial charge is 0.317 e. The van der Waals surface area contributed by atoms with Crippen LogP contribution in [0.2, 0.25) is 0 Å². The van der Waals surface area contributed by atoms with E-state index in [-0.39, 0.29) is 12.1 Å². The molecule has 0 bridgehead atoms. The lowest BCUT2D eigenvalue weighted by atomic mass is 9.71. The van der Waals surface area contributed by atoms with E-state index in [9.17, 15) is 4.79 Å². The van der Waals surface area contributed by atoms with Crippen LogP contribution in [0.4, 0.5) is 4.79 Å². The first-order chi connectivity index (χ1) is 11.7. The molecule has 1 aliphatic heterocycles. The molecule has 130 valence electrons. The third-order valence-corrected chi connectivity index (χ3v) is 5.40. The summed E-state index contributed by atoms with van der Waals surface area (Å²) in [5.41, 5.74) is 1.40. The summed E-state index contributed by atoms with van der Waals surface area (Å²) in [6, 6.07) is 10.1. The molecule has 2 amide bonds. The third kappa shape index (κ3) is 3.99. The minimum absolute atomic E-state index is 0.0432. The molecule has 2 unspecified atom stereocenters. The number of hydrogen-bond acceptors (Lipinski definition) is 2. The lowest BCUT2D eigenvalue weighted by Crippen LogP contribution is -2.50. The van der Waals surface area contributed by atoms with Crippen LogP contribution in [0.5, 0.6) is 0 Å². The number of piperidine rings is 1. The quantitative estimate of drug-likeness (QED) is 0.852. The van der Waals surface area contributed by atoms with Crippen molar-refractivity contribution >= 4 is 6.03 Å². The highest BCUT2D eigenvalue weighted by Crippen LogP contribution is 2.40. The van der Waals surface area contributed by atoms with Crippen LogP contribution in [0, 0.1) is 5.41 Å². The van der Waals surface area contributed by atoms with Gasteiger partial charge in [-0.25, -0.2) is 4.79 Å². The number of ether oxygens (including phenoxy) is 1. The van der Waals surface area contributed by atoms with E-state index >= 15 is 0 Å². The van der Waals surface area contributed by atoms with Crippen molar-refractivity contribution in [3.8, 4) is 0 Å². The predicted molar refractivity (Wildman–Crippen MR) is 95.8 cm³/mol. The standard InChI is InChI=1S/C20H28N2O2/c1-24-18(17-9-4-2-5-10-17)15-21-19(23)22-14-8-13-20(16-22)11-6-3-7-12-20/h2-6,9-10,18H,7-8,11-16H2,1H3,(H,21,23). The van der Waals surface area contributed by atoms with E-state index in [2.05, 4.69) is 17.5 Å². The van der Waals surface area contributed by atoms with E-state index in [0.29, 0.717) is 12.0 Å². The summed E-state index contributed by atoms with van der Waals surface area (Å²) in [4.78, 5) is 14.6. The molecule has 1 heterocycles. The molecule has 0 aromatic heterocycles. The Hall–Kier alpha value is -1.81. The van der Waals surface area contributed by atoms with E-state index in [1.165, 1.54) is 12.8 Å². The zero-order chi connectivity index (χ0) is 16.8. The molecule has 1 aromatic carbocycles. The average molecular weight is 328 g/mol. The Labute approximate surface area is 144 Å². The second kappa shape index (κ2) is 7.84. The Morgan fingerprint density at radius 3 is 2.83 bits per heavy atom. The maximum absolute atomic E-state index is 12.6. The van der Waals surface area contributed by atoms with Crippen LogP contribution in [0.25, 0.3) is 0 Å². The first-order valence-electron chi connectivity index (χ1n) is 8.98. The molecular formula is C20H28N2O2. The van der Waals surface area contributed by atoms with Gasteiger partial charge in [-0.2, -0.15) is 0 Å². The van der Waals surface area contributed by atoms with Crippen LogP contribution in [-0.2, 0) is 4.74 Å². The van der Waals surface area contributed by atoms with E-state index < -0.39 is 0 Å². The number of urea groups is 1.